The molecule has 1 heterocycles. The summed E-state index contributed by atoms with van der Waals surface area (Å²) in [5.41, 5.74) is 2.79. The molecule has 0 unspecified atom stereocenters. The first kappa shape index (κ1) is 17.5. The number of rotatable bonds is 6. The lowest BCUT2D eigenvalue weighted by atomic mass is 10.2. The summed E-state index contributed by atoms with van der Waals surface area (Å²) < 4.78 is 10.2. The van der Waals surface area contributed by atoms with Crippen LogP contribution in [-0.4, -0.2) is 37.3 Å². The molecule has 3 aromatic rings. The standard InChI is InChI=1S/C19H20N4O3/c1-23(2)15-8-6-14(7-9-15)17-21-19(26-22-17)18(24)20-12-13-4-10-16(25-3)11-5-13/h4-11H,12H2,1-3H3,(H,20,24). The number of carbonyl (C=O) groups is 1. The summed E-state index contributed by atoms with van der Waals surface area (Å²) in [5.74, 6) is 0.668. The van der Waals surface area contributed by atoms with Crippen molar-refractivity contribution in [2.45, 2.75) is 6.54 Å². The van der Waals surface area contributed by atoms with Crippen molar-refractivity contribution in [1.82, 2.24) is 15.5 Å². The number of amides is 1. The van der Waals surface area contributed by atoms with Crippen molar-refractivity contribution in [3.63, 3.8) is 0 Å². The number of hydrogen-bond donors (Lipinski definition) is 1. The second-order valence-corrected chi connectivity index (χ2v) is 5.90. The highest BCUT2D eigenvalue weighted by Crippen LogP contribution is 2.20. The SMILES string of the molecule is COc1ccc(CNC(=O)c2nc(-c3ccc(N(C)C)cc3)no2)cc1. The van der Waals surface area contributed by atoms with Crippen LogP contribution in [0.1, 0.15) is 16.2 Å². The Morgan fingerprint density at radius 1 is 1.12 bits per heavy atom. The summed E-state index contributed by atoms with van der Waals surface area (Å²) in [6, 6.07) is 15.1. The van der Waals surface area contributed by atoms with Gasteiger partial charge in [-0.25, -0.2) is 0 Å². The van der Waals surface area contributed by atoms with E-state index in [0.29, 0.717) is 12.4 Å². The first-order valence-electron chi connectivity index (χ1n) is 8.09. The van der Waals surface area contributed by atoms with E-state index in [9.17, 15) is 4.79 Å². The third-order valence-electron chi connectivity index (χ3n) is 3.87. The van der Waals surface area contributed by atoms with Crippen molar-refractivity contribution in [1.29, 1.82) is 0 Å². The monoisotopic (exact) mass is 352 g/mol. The number of aromatic nitrogens is 2. The molecule has 0 aliphatic carbocycles. The normalized spacial score (nSPS) is 10.4. The van der Waals surface area contributed by atoms with E-state index in [1.54, 1.807) is 7.11 Å². The smallest absolute Gasteiger partial charge is 0.316 e. The van der Waals surface area contributed by atoms with Crippen LogP contribution < -0.4 is 15.0 Å². The van der Waals surface area contributed by atoms with Crippen molar-refractivity contribution in [3.05, 3.63) is 60.0 Å². The molecule has 0 aliphatic rings. The van der Waals surface area contributed by atoms with Crippen molar-refractivity contribution in [2.24, 2.45) is 0 Å². The third-order valence-corrected chi connectivity index (χ3v) is 3.87. The molecule has 3 rings (SSSR count). The zero-order valence-corrected chi connectivity index (χ0v) is 14.9. The molecule has 1 amide bonds. The highest BCUT2D eigenvalue weighted by atomic mass is 16.5. The minimum atomic E-state index is -0.413. The Hall–Kier alpha value is -3.35. The lowest BCUT2D eigenvalue weighted by Gasteiger charge is -2.11. The van der Waals surface area contributed by atoms with E-state index in [0.717, 1.165) is 22.6 Å². The molecule has 1 N–H and O–H groups in total. The average Bonchev–Trinajstić information content (AvgIpc) is 3.17. The molecule has 0 atom stereocenters. The molecule has 134 valence electrons. The third kappa shape index (κ3) is 4.00. The molecule has 0 saturated carbocycles. The summed E-state index contributed by atoms with van der Waals surface area (Å²) in [7, 11) is 5.54. The van der Waals surface area contributed by atoms with Crippen molar-refractivity contribution >= 4 is 11.6 Å². The maximum atomic E-state index is 12.2. The predicted molar refractivity (Wildman–Crippen MR) is 98.2 cm³/mol. The van der Waals surface area contributed by atoms with Crippen molar-refractivity contribution in [2.75, 3.05) is 26.1 Å². The zero-order chi connectivity index (χ0) is 18.5. The second-order valence-electron chi connectivity index (χ2n) is 5.90. The molecule has 1 aromatic heterocycles. The van der Waals surface area contributed by atoms with E-state index in [2.05, 4.69) is 15.5 Å². The van der Waals surface area contributed by atoms with Crippen LogP contribution in [-0.2, 0) is 6.54 Å². The molecule has 0 aliphatic heterocycles. The number of benzene rings is 2. The van der Waals surface area contributed by atoms with Gasteiger partial charge in [-0.3, -0.25) is 4.79 Å². The number of carbonyl (C=O) groups excluding carboxylic acids is 1. The molecular weight excluding hydrogens is 332 g/mol. The lowest BCUT2D eigenvalue weighted by Crippen LogP contribution is -2.23. The van der Waals surface area contributed by atoms with E-state index in [-0.39, 0.29) is 5.89 Å². The number of anilines is 1. The Morgan fingerprint density at radius 2 is 1.81 bits per heavy atom. The maximum absolute atomic E-state index is 12.2. The quantitative estimate of drug-likeness (QED) is 0.735. The fourth-order valence-corrected chi connectivity index (χ4v) is 2.34. The van der Waals surface area contributed by atoms with Crippen LogP contribution in [0.3, 0.4) is 0 Å². The molecule has 0 fully saturated rings. The number of hydrogen-bond acceptors (Lipinski definition) is 6. The van der Waals surface area contributed by atoms with Gasteiger partial charge < -0.3 is 19.5 Å². The van der Waals surface area contributed by atoms with E-state index in [1.165, 1.54) is 0 Å². The van der Waals surface area contributed by atoms with Crippen LogP contribution in [0.5, 0.6) is 5.75 Å². The number of methoxy groups -OCH3 is 1. The number of ether oxygens (including phenoxy) is 1. The fourth-order valence-electron chi connectivity index (χ4n) is 2.34. The van der Waals surface area contributed by atoms with Crippen LogP contribution in [0.4, 0.5) is 5.69 Å². The van der Waals surface area contributed by atoms with Crippen LogP contribution in [0.2, 0.25) is 0 Å². The van der Waals surface area contributed by atoms with Gasteiger partial charge >= 0.3 is 11.8 Å². The molecule has 2 aromatic carbocycles. The zero-order valence-electron chi connectivity index (χ0n) is 14.9. The van der Waals surface area contributed by atoms with Gasteiger partial charge in [0.15, 0.2) is 0 Å². The highest BCUT2D eigenvalue weighted by Gasteiger charge is 2.16. The van der Waals surface area contributed by atoms with Gasteiger partial charge in [-0.15, -0.1) is 0 Å². The molecule has 0 bridgehead atoms. The highest BCUT2D eigenvalue weighted by molar-refractivity contribution is 5.89. The number of nitrogens with one attached hydrogen (secondary N) is 1. The van der Waals surface area contributed by atoms with Gasteiger partial charge in [0.2, 0.25) is 5.82 Å². The first-order chi connectivity index (χ1) is 12.6. The van der Waals surface area contributed by atoms with Gasteiger partial charge in [-0.1, -0.05) is 17.3 Å². The summed E-state index contributed by atoms with van der Waals surface area (Å²) in [5, 5.41) is 6.64. The Morgan fingerprint density at radius 3 is 2.42 bits per heavy atom. The van der Waals surface area contributed by atoms with Gasteiger partial charge in [0.1, 0.15) is 5.75 Å². The largest absolute Gasteiger partial charge is 0.497 e. The molecule has 0 radical (unpaired) electrons. The molecule has 0 spiro atoms. The topological polar surface area (TPSA) is 80.5 Å². The Balaban J connectivity index is 1.63. The van der Waals surface area contributed by atoms with Crippen LogP contribution in [0.15, 0.2) is 53.1 Å². The number of nitrogens with zero attached hydrogens (tertiary/aromatic N) is 3. The van der Waals surface area contributed by atoms with Gasteiger partial charge in [-0.2, -0.15) is 4.98 Å². The average molecular weight is 352 g/mol. The first-order valence-corrected chi connectivity index (χ1v) is 8.09. The Kier molecular flexibility index (Phi) is 5.17. The van der Waals surface area contributed by atoms with Gasteiger partial charge in [0.25, 0.3) is 0 Å². The van der Waals surface area contributed by atoms with Crippen LogP contribution in [0, 0.1) is 0 Å². The predicted octanol–water partition coefficient (Wildman–Crippen LogP) is 2.74. The van der Waals surface area contributed by atoms with Crippen LogP contribution >= 0.6 is 0 Å². The van der Waals surface area contributed by atoms with Gasteiger partial charge in [0.05, 0.1) is 7.11 Å². The van der Waals surface area contributed by atoms with Gasteiger partial charge in [0, 0.05) is 31.9 Å². The van der Waals surface area contributed by atoms with E-state index < -0.39 is 5.91 Å². The summed E-state index contributed by atoms with van der Waals surface area (Å²) in [4.78, 5) is 18.4. The van der Waals surface area contributed by atoms with E-state index in [1.807, 2.05) is 67.5 Å². The molecule has 0 saturated heterocycles. The van der Waals surface area contributed by atoms with E-state index >= 15 is 0 Å². The summed E-state index contributed by atoms with van der Waals surface area (Å²) in [6.45, 7) is 0.359. The second kappa shape index (κ2) is 7.69. The maximum Gasteiger partial charge on any atom is 0.316 e. The minimum absolute atomic E-state index is 0.0646. The molecule has 26 heavy (non-hydrogen) atoms. The molecule has 7 nitrogen and oxygen atoms in total. The Labute approximate surface area is 151 Å². The summed E-state index contributed by atoms with van der Waals surface area (Å²) in [6.07, 6.45) is 0. The fraction of sp³-hybridized carbons (Fsp3) is 0.211. The van der Waals surface area contributed by atoms with Crippen LogP contribution in [0.25, 0.3) is 11.4 Å². The van der Waals surface area contributed by atoms with Crippen molar-refractivity contribution in [3.8, 4) is 17.1 Å². The minimum Gasteiger partial charge on any atom is -0.497 e. The molecular formula is C19H20N4O3. The van der Waals surface area contributed by atoms with Crippen molar-refractivity contribution < 1.29 is 14.1 Å². The summed E-state index contributed by atoms with van der Waals surface area (Å²) >= 11 is 0. The Bertz CT molecular complexity index is 871. The van der Waals surface area contributed by atoms with Gasteiger partial charge in [-0.05, 0) is 42.0 Å². The molecule has 7 heteroatoms. The van der Waals surface area contributed by atoms with E-state index in [4.69, 9.17) is 9.26 Å². The lowest BCUT2D eigenvalue weighted by molar-refractivity contribution is 0.0907.